The van der Waals surface area contributed by atoms with Gasteiger partial charge in [0.15, 0.2) is 0 Å². The van der Waals surface area contributed by atoms with Gasteiger partial charge in [0.05, 0.1) is 11.8 Å². The fourth-order valence-corrected chi connectivity index (χ4v) is 5.10. The van der Waals surface area contributed by atoms with Crippen LogP contribution in [0.25, 0.3) is 16.5 Å². The molecular weight excluding hydrogens is 428 g/mol. The predicted molar refractivity (Wildman–Crippen MR) is 141 cm³/mol. The summed E-state index contributed by atoms with van der Waals surface area (Å²) in [5, 5.41) is 6.89. The molecule has 0 radical (unpaired) electrons. The second-order valence-corrected chi connectivity index (χ2v) is 9.46. The summed E-state index contributed by atoms with van der Waals surface area (Å²) in [5.41, 5.74) is 5.78. The minimum atomic E-state index is 0.0529. The first kappa shape index (κ1) is 22.1. The maximum atomic E-state index is 6.16. The van der Waals surface area contributed by atoms with E-state index in [9.17, 15) is 0 Å². The minimum absolute atomic E-state index is 0.0529. The highest BCUT2D eigenvalue weighted by Gasteiger charge is 2.28. The highest BCUT2D eigenvalue weighted by atomic mass is 32.1. The summed E-state index contributed by atoms with van der Waals surface area (Å²) in [4.78, 5) is 12.2. The van der Waals surface area contributed by atoms with E-state index in [4.69, 9.17) is 17.1 Å². The van der Waals surface area contributed by atoms with Gasteiger partial charge in [0, 0.05) is 40.9 Å². The first-order valence-electron chi connectivity index (χ1n) is 12.0. The topological polar surface area (TPSA) is 43.5 Å². The summed E-state index contributed by atoms with van der Waals surface area (Å²) < 4.78 is 0. The summed E-state index contributed by atoms with van der Waals surface area (Å²) in [6.07, 6.45) is 9.29. The van der Waals surface area contributed by atoms with Crippen LogP contribution >= 0.6 is 12.2 Å². The van der Waals surface area contributed by atoms with E-state index in [2.05, 4.69) is 59.5 Å². The van der Waals surface area contributed by atoms with Crippen LogP contribution in [0.5, 0.6) is 0 Å². The van der Waals surface area contributed by atoms with Crippen LogP contribution in [-0.4, -0.2) is 40.2 Å². The minimum Gasteiger partial charge on any atom is -0.361 e. The number of fused-ring (bicyclic) bond motifs is 2. The van der Waals surface area contributed by atoms with Crippen LogP contribution in [0.3, 0.4) is 0 Å². The molecule has 1 saturated heterocycles. The molecule has 172 valence electrons. The average Bonchev–Trinajstić information content (AvgIpc) is 3.49. The molecule has 3 aromatic rings. The molecule has 1 fully saturated rings. The number of benzene rings is 2. The number of thiocarbonyl (C=S) groups is 1. The van der Waals surface area contributed by atoms with Gasteiger partial charge in [-0.3, -0.25) is 9.74 Å². The lowest BCUT2D eigenvalue weighted by molar-refractivity contribution is 0.0709. The molecule has 1 aromatic heterocycles. The van der Waals surface area contributed by atoms with Gasteiger partial charge >= 0.3 is 0 Å². The fraction of sp³-hybridized carbons (Fsp3) is 0.370. The highest BCUT2D eigenvalue weighted by molar-refractivity contribution is 7.80. The van der Waals surface area contributed by atoms with Crippen LogP contribution in [0.15, 0.2) is 60.8 Å². The zero-order valence-electron chi connectivity index (χ0n) is 19.4. The van der Waals surface area contributed by atoms with Crippen LogP contribution in [0.1, 0.15) is 45.1 Å². The third kappa shape index (κ3) is 4.69. The van der Waals surface area contributed by atoms with Gasteiger partial charge in [-0.25, -0.2) is 0 Å². The number of para-hydroxylation sites is 1. The summed E-state index contributed by atoms with van der Waals surface area (Å²) in [7, 11) is 0. The van der Waals surface area contributed by atoms with E-state index in [0.717, 1.165) is 36.3 Å². The molecule has 5 nitrogen and oxygen atoms in total. The van der Waals surface area contributed by atoms with Gasteiger partial charge in [0.25, 0.3) is 0 Å². The van der Waals surface area contributed by atoms with Crippen molar-refractivity contribution in [3.05, 3.63) is 66.4 Å². The summed E-state index contributed by atoms with van der Waals surface area (Å²) in [6, 6.07) is 17.1. The summed E-state index contributed by atoms with van der Waals surface area (Å²) >= 11 is 5.78. The Labute approximate surface area is 201 Å². The molecule has 0 saturated carbocycles. The molecule has 5 rings (SSSR count). The number of nitrogens with zero attached hydrogens (tertiary/aromatic N) is 2. The standard InChI is InChI=1S/C27H32N4OS/c1-3-19(2)32-31(22-8-5-4-6-9-22)27(33)29-21-11-12-26-24(17-21)25(18-28-26)20-13-15-30-14-7-10-23(30)16-20/h4-6,8-9,11-13,17-19,23,28H,3,7,10,14-16H2,1-2H3,(H,29,33). The highest BCUT2D eigenvalue weighted by Crippen LogP contribution is 2.36. The van der Waals surface area contributed by atoms with Crippen molar-refractivity contribution in [2.45, 2.75) is 51.7 Å². The van der Waals surface area contributed by atoms with E-state index in [-0.39, 0.29) is 6.10 Å². The molecule has 0 aliphatic carbocycles. The molecule has 6 heteroatoms. The third-order valence-electron chi connectivity index (χ3n) is 6.84. The van der Waals surface area contributed by atoms with Crippen LogP contribution in [0, 0.1) is 0 Å². The zero-order chi connectivity index (χ0) is 22.8. The molecule has 2 aliphatic rings. The lowest BCUT2D eigenvalue weighted by Gasteiger charge is -2.29. The Bertz CT molecular complexity index is 1160. The molecule has 2 aliphatic heterocycles. The number of aromatic amines is 1. The van der Waals surface area contributed by atoms with Crippen molar-refractivity contribution in [1.29, 1.82) is 0 Å². The molecule has 0 spiro atoms. The Hall–Kier alpha value is -2.67. The van der Waals surface area contributed by atoms with E-state index in [1.807, 2.05) is 30.3 Å². The number of nitrogens with one attached hydrogen (secondary N) is 2. The molecule has 2 unspecified atom stereocenters. The van der Waals surface area contributed by atoms with Crippen molar-refractivity contribution in [2.24, 2.45) is 0 Å². The van der Waals surface area contributed by atoms with E-state index in [0.29, 0.717) is 11.2 Å². The van der Waals surface area contributed by atoms with Gasteiger partial charge in [-0.05, 0) is 87.3 Å². The number of aromatic nitrogens is 1. The Kier molecular flexibility index (Phi) is 6.49. The Morgan fingerprint density at radius 3 is 2.94 bits per heavy atom. The van der Waals surface area contributed by atoms with Crippen molar-refractivity contribution in [2.75, 3.05) is 23.5 Å². The lowest BCUT2D eigenvalue weighted by atomic mass is 9.94. The van der Waals surface area contributed by atoms with Crippen molar-refractivity contribution in [3.8, 4) is 0 Å². The van der Waals surface area contributed by atoms with Gasteiger partial charge in [-0.2, -0.15) is 5.06 Å². The van der Waals surface area contributed by atoms with Crippen molar-refractivity contribution in [1.82, 2.24) is 9.88 Å². The van der Waals surface area contributed by atoms with Crippen LogP contribution in [0.2, 0.25) is 0 Å². The SMILES string of the molecule is CCC(C)ON(C(=S)Nc1ccc2[nH]cc(C3=CCN4CCCC4C3)c2c1)c1ccccc1. The summed E-state index contributed by atoms with van der Waals surface area (Å²) in [6.45, 7) is 6.47. The summed E-state index contributed by atoms with van der Waals surface area (Å²) in [5.74, 6) is 0. The first-order valence-corrected chi connectivity index (χ1v) is 12.4. The fourth-order valence-electron chi connectivity index (χ4n) is 4.83. The van der Waals surface area contributed by atoms with Gasteiger partial charge in [0.1, 0.15) is 0 Å². The molecular formula is C27H32N4OS. The number of rotatable bonds is 6. The van der Waals surface area contributed by atoms with Crippen molar-refractivity contribution >= 4 is 45.2 Å². The van der Waals surface area contributed by atoms with Gasteiger partial charge in [0.2, 0.25) is 5.11 Å². The number of hydrogen-bond donors (Lipinski definition) is 2. The second kappa shape index (κ2) is 9.67. The lowest BCUT2D eigenvalue weighted by Crippen LogP contribution is -2.37. The first-order chi connectivity index (χ1) is 16.1. The van der Waals surface area contributed by atoms with Crippen LogP contribution in [0.4, 0.5) is 11.4 Å². The van der Waals surface area contributed by atoms with Crippen molar-refractivity contribution < 1.29 is 4.84 Å². The van der Waals surface area contributed by atoms with Gasteiger partial charge in [-0.1, -0.05) is 31.2 Å². The van der Waals surface area contributed by atoms with Gasteiger partial charge < -0.3 is 10.3 Å². The molecule has 0 amide bonds. The largest absolute Gasteiger partial charge is 0.361 e. The molecule has 2 atom stereocenters. The van der Waals surface area contributed by atoms with E-state index in [1.54, 1.807) is 5.06 Å². The van der Waals surface area contributed by atoms with E-state index in [1.165, 1.54) is 35.9 Å². The molecule has 3 heterocycles. The Balaban J connectivity index is 1.39. The second-order valence-electron chi connectivity index (χ2n) is 9.07. The van der Waals surface area contributed by atoms with Crippen LogP contribution in [-0.2, 0) is 4.84 Å². The number of hydrogen-bond acceptors (Lipinski definition) is 3. The number of H-pyrrole nitrogens is 1. The molecule has 33 heavy (non-hydrogen) atoms. The van der Waals surface area contributed by atoms with Gasteiger partial charge in [-0.15, -0.1) is 0 Å². The average molecular weight is 461 g/mol. The normalized spacial score (nSPS) is 19.2. The molecule has 0 bridgehead atoms. The van der Waals surface area contributed by atoms with E-state index < -0.39 is 0 Å². The maximum Gasteiger partial charge on any atom is 0.202 e. The number of anilines is 2. The predicted octanol–water partition coefficient (Wildman–Crippen LogP) is 6.35. The Morgan fingerprint density at radius 2 is 2.12 bits per heavy atom. The zero-order valence-corrected chi connectivity index (χ0v) is 20.2. The smallest absolute Gasteiger partial charge is 0.202 e. The molecule has 2 aromatic carbocycles. The maximum absolute atomic E-state index is 6.16. The monoisotopic (exact) mass is 460 g/mol. The molecule has 2 N–H and O–H groups in total. The Morgan fingerprint density at radius 1 is 1.27 bits per heavy atom. The quantitative estimate of drug-likeness (QED) is 0.331. The van der Waals surface area contributed by atoms with Crippen molar-refractivity contribution in [3.63, 3.8) is 0 Å². The third-order valence-corrected chi connectivity index (χ3v) is 7.11. The van der Waals surface area contributed by atoms with Crippen LogP contribution < -0.4 is 10.4 Å². The number of hydroxylamine groups is 1. The van der Waals surface area contributed by atoms with E-state index >= 15 is 0 Å².